The van der Waals surface area contributed by atoms with Gasteiger partial charge >= 0.3 is 0 Å². The molecule has 0 fully saturated rings. The summed E-state index contributed by atoms with van der Waals surface area (Å²) in [5, 5.41) is 10.5. The van der Waals surface area contributed by atoms with Crippen LogP contribution in [0.4, 0.5) is 10.1 Å². The number of hydrogen-bond acceptors (Lipinski definition) is 4. The topological polar surface area (TPSA) is 69.4 Å². The lowest BCUT2D eigenvalue weighted by molar-refractivity contribution is -0.384. The molecule has 0 amide bonds. The third kappa shape index (κ3) is 2.92. The second-order valence-electron chi connectivity index (χ2n) is 3.66. The van der Waals surface area contributed by atoms with Gasteiger partial charge < -0.3 is 4.74 Å². The van der Waals surface area contributed by atoms with E-state index in [-0.39, 0.29) is 22.7 Å². The smallest absolute Gasteiger partial charge is 0.269 e. The van der Waals surface area contributed by atoms with Gasteiger partial charge in [-0.25, -0.2) is 4.39 Å². The first-order valence-corrected chi connectivity index (χ1v) is 5.27. The van der Waals surface area contributed by atoms with Gasteiger partial charge in [-0.3, -0.25) is 14.9 Å². The van der Waals surface area contributed by atoms with Crippen LogP contribution in [0.5, 0.6) is 11.5 Å². The van der Waals surface area contributed by atoms with Crippen molar-refractivity contribution in [3.05, 3.63) is 64.0 Å². The maximum absolute atomic E-state index is 13.5. The molecule has 0 heterocycles. The van der Waals surface area contributed by atoms with E-state index in [0.717, 1.165) is 6.07 Å². The number of hydrogen-bond donors (Lipinski definition) is 0. The molecule has 0 aromatic heterocycles. The minimum absolute atomic E-state index is 0.0561. The van der Waals surface area contributed by atoms with Gasteiger partial charge in [0.25, 0.3) is 5.69 Å². The Hall–Kier alpha value is -2.76. The van der Waals surface area contributed by atoms with Crippen molar-refractivity contribution < 1.29 is 18.8 Å². The van der Waals surface area contributed by atoms with Crippen LogP contribution in [0.25, 0.3) is 0 Å². The van der Waals surface area contributed by atoms with E-state index in [1.165, 1.54) is 36.4 Å². The first kappa shape index (κ1) is 12.7. The molecule has 6 heteroatoms. The van der Waals surface area contributed by atoms with E-state index in [9.17, 15) is 19.3 Å². The highest BCUT2D eigenvalue weighted by Crippen LogP contribution is 2.26. The van der Waals surface area contributed by atoms with E-state index in [2.05, 4.69) is 0 Å². The molecule has 0 aliphatic carbocycles. The summed E-state index contributed by atoms with van der Waals surface area (Å²) in [6, 6.07) is 9.03. The summed E-state index contributed by atoms with van der Waals surface area (Å²) < 4.78 is 18.8. The molecule has 0 radical (unpaired) electrons. The predicted molar refractivity (Wildman–Crippen MR) is 65.0 cm³/mol. The summed E-state index contributed by atoms with van der Waals surface area (Å²) in [6.07, 6.45) is 0.527. The van der Waals surface area contributed by atoms with E-state index in [1.54, 1.807) is 0 Å². The lowest BCUT2D eigenvalue weighted by Gasteiger charge is -2.06. The van der Waals surface area contributed by atoms with Crippen molar-refractivity contribution in [3.63, 3.8) is 0 Å². The summed E-state index contributed by atoms with van der Waals surface area (Å²) in [4.78, 5) is 20.4. The van der Waals surface area contributed by atoms with Gasteiger partial charge in [-0.2, -0.15) is 0 Å². The molecule has 0 bridgehead atoms. The molecule has 5 nitrogen and oxygen atoms in total. The van der Waals surface area contributed by atoms with Crippen LogP contribution in [-0.4, -0.2) is 11.2 Å². The van der Waals surface area contributed by atoms with Gasteiger partial charge in [0.1, 0.15) is 12.0 Å². The van der Waals surface area contributed by atoms with Gasteiger partial charge in [-0.05, 0) is 30.3 Å². The van der Waals surface area contributed by atoms with Gasteiger partial charge in [0.05, 0.1) is 4.92 Å². The zero-order chi connectivity index (χ0) is 13.8. The van der Waals surface area contributed by atoms with Crippen molar-refractivity contribution in [2.75, 3.05) is 0 Å². The minimum atomic E-state index is -0.678. The van der Waals surface area contributed by atoms with Gasteiger partial charge in [0, 0.05) is 17.7 Å². The fourth-order valence-corrected chi connectivity index (χ4v) is 1.44. The third-order valence-corrected chi connectivity index (χ3v) is 2.37. The van der Waals surface area contributed by atoms with Crippen LogP contribution in [0.15, 0.2) is 42.5 Å². The fraction of sp³-hybridized carbons (Fsp3) is 0. The Bertz CT molecular complexity index is 625. The zero-order valence-electron chi connectivity index (χ0n) is 9.58. The van der Waals surface area contributed by atoms with Crippen LogP contribution >= 0.6 is 0 Å². The highest BCUT2D eigenvalue weighted by molar-refractivity contribution is 5.75. The number of nitro groups is 1. The Labute approximate surface area is 107 Å². The van der Waals surface area contributed by atoms with Crippen molar-refractivity contribution in [2.24, 2.45) is 0 Å². The Morgan fingerprint density at radius 1 is 1.16 bits per heavy atom. The maximum atomic E-state index is 13.5. The van der Waals surface area contributed by atoms with Gasteiger partial charge in [0.2, 0.25) is 0 Å². The highest BCUT2D eigenvalue weighted by Gasteiger charge is 2.08. The minimum Gasteiger partial charge on any atom is -0.454 e. The van der Waals surface area contributed by atoms with E-state index in [1.807, 2.05) is 0 Å². The molecule has 19 heavy (non-hydrogen) atoms. The monoisotopic (exact) mass is 261 g/mol. The highest BCUT2D eigenvalue weighted by atomic mass is 19.1. The zero-order valence-corrected chi connectivity index (χ0v) is 9.58. The van der Waals surface area contributed by atoms with E-state index in [0.29, 0.717) is 6.29 Å². The molecule has 0 aliphatic rings. The van der Waals surface area contributed by atoms with Gasteiger partial charge in [-0.1, -0.05) is 0 Å². The number of carbonyl (C=O) groups excluding carboxylic acids is 1. The average Bonchev–Trinajstić information content (AvgIpc) is 2.41. The number of ether oxygens (including phenoxy) is 1. The SMILES string of the molecule is O=Cc1ccc(Oc2ccc([N+](=O)[O-])cc2)c(F)c1. The number of benzene rings is 2. The van der Waals surface area contributed by atoms with E-state index < -0.39 is 10.7 Å². The molecule has 0 saturated heterocycles. The summed E-state index contributed by atoms with van der Waals surface area (Å²) in [5.74, 6) is -0.467. The first-order chi connectivity index (χ1) is 9.10. The quantitative estimate of drug-likeness (QED) is 0.480. The second kappa shape index (κ2) is 5.26. The second-order valence-corrected chi connectivity index (χ2v) is 3.66. The fourth-order valence-electron chi connectivity index (χ4n) is 1.44. The standard InChI is InChI=1S/C13H8FNO4/c14-12-7-9(8-16)1-6-13(12)19-11-4-2-10(3-5-11)15(17)18/h1-8H. The number of nitrogens with zero attached hydrogens (tertiary/aromatic N) is 1. The van der Waals surface area contributed by atoms with Crippen molar-refractivity contribution >= 4 is 12.0 Å². The van der Waals surface area contributed by atoms with Crippen molar-refractivity contribution in [2.45, 2.75) is 0 Å². The summed E-state index contributed by atoms with van der Waals surface area (Å²) >= 11 is 0. The van der Waals surface area contributed by atoms with Crippen molar-refractivity contribution in [1.29, 1.82) is 0 Å². The van der Waals surface area contributed by atoms with Crippen molar-refractivity contribution in [1.82, 2.24) is 0 Å². The summed E-state index contributed by atoms with van der Waals surface area (Å²) in [5.41, 5.74) is 0.123. The van der Waals surface area contributed by atoms with Crippen LogP contribution in [0.2, 0.25) is 0 Å². The van der Waals surface area contributed by atoms with Gasteiger partial charge in [-0.15, -0.1) is 0 Å². The third-order valence-electron chi connectivity index (χ3n) is 2.37. The Balaban J connectivity index is 2.21. The van der Waals surface area contributed by atoms with Crippen LogP contribution in [0.1, 0.15) is 10.4 Å². The van der Waals surface area contributed by atoms with Crippen LogP contribution in [0, 0.1) is 15.9 Å². The normalized spacial score (nSPS) is 9.95. The van der Waals surface area contributed by atoms with Crippen LogP contribution in [0.3, 0.4) is 0 Å². The van der Waals surface area contributed by atoms with E-state index >= 15 is 0 Å². The number of halogens is 1. The number of rotatable bonds is 4. The average molecular weight is 261 g/mol. The van der Waals surface area contributed by atoms with Crippen molar-refractivity contribution in [3.8, 4) is 11.5 Å². The van der Waals surface area contributed by atoms with Gasteiger partial charge in [0.15, 0.2) is 11.6 Å². The Morgan fingerprint density at radius 2 is 1.84 bits per heavy atom. The molecular weight excluding hydrogens is 253 g/mol. The lowest BCUT2D eigenvalue weighted by atomic mass is 10.2. The maximum Gasteiger partial charge on any atom is 0.269 e. The molecule has 0 N–H and O–H groups in total. The Kier molecular flexibility index (Phi) is 3.51. The number of aldehydes is 1. The molecule has 0 atom stereocenters. The van der Waals surface area contributed by atoms with E-state index in [4.69, 9.17) is 4.74 Å². The number of nitro benzene ring substituents is 1. The molecule has 2 aromatic carbocycles. The number of carbonyl (C=O) groups is 1. The molecule has 96 valence electrons. The van der Waals surface area contributed by atoms with Crippen LogP contribution < -0.4 is 4.74 Å². The number of non-ortho nitro benzene ring substituents is 1. The summed E-state index contributed by atoms with van der Waals surface area (Å²) in [7, 11) is 0. The van der Waals surface area contributed by atoms with Crippen LogP contribution in [-0.2, 0) is 0 Å². The molecular formula is C13H8FNO4. The predicted octanol–water partition coefficient (Wildman–Crippen LogP) is 3.34. The molecule has 0 aliphatic heterocycles. The molecule has 0 spiro atoms. The molecule has 2 rings (SSSR count). The summed E-state index contributed by atoms with van der Waals surface area (Å²) in [6.45, 7) is 0. The molecule has 0 unspecified atom stereocenters. The largest absolute Gasteiger partial charge is 0.454 e. The molecule has 0 saturated carbocycles. The Morgan fingerprint density at radius 3 is 2.37 bits per heavy atom. The first-order valence-electron chi connectivity index (χ1n) is 5.27. The lowest BCUT2D eigenvalue weighted by Crippen LogP contribution is -1.91. The molecule has 2 aromatic rings.